The molecule has 0 bridgehead atoms. The van der Waals surface area contributed by atoms with Crippen molar-refractivity contribution in [1.29, 1.82) is 0 Å². The van der Waals surface area contributed by atoms with Gasteiger partial charge in [-0.15, -0.1) is 0 Å². The summed E-state index contributed by atoms with van der Waals surface area (Å²) in [6.45, 7) is 0. The van der Waals surface area contributed by atoms with E-state index in [1.807, 2.05) is 48.8 Å². The molecule has 0 aliphatic heterocycles. The normalized spacial score (nSPS) is 11.3. The monoisotopic (exact) mass is 692 g/mol. The summed E-state index contributed by atoms with van der Waals surface area (Å²) in [6, 6.07) is 63.0. The zero-order chi connectivity index (χ0) is 35.8. The molecular weight excluding hydrogens is 661 g/mol. The van der Waals surface area contributed by atoms with Crippen molar-refractivity contribution in [2.45, 2.75) is 0 Å². The first-order valence-corrected chi connectivity index (χ1v) is 18.0. The smallest absolute Gasteiger partial charge is 0.164 e. The van der Waals surface area contributed by atoms with Gasteiger partial charge < -0.3 is 0 Å². The van der Waals surface area contributed by atoms with Crippen molar-refractivity contribution in [3.63, 3.8) is 0 Å². The van der Waals surface area contributed by atoms with E-state index in [4.69, 9.17) is 19.9 Å². The number of para-hydroxylation sites is 2. The molecule has 6 nitrogen and oxygen atoms in total. The van der Waals surface area contributed by atoms with Crippen LogP contribution in [0, 0.1) is 0 Å². The molecule has 0 saturated heterocycles. The molecule has 0 unspecified atom stereocenters. The first kappa shape index (κ1) is 31.3. The van der Waals surface area contributed by atoms with Crippen LogP contribution in [-0.2, 0) is 0 Å². The molecule has 10 aromatic rings. The van der Waals surface area contributed by atoms with Gasteiger partial charge in [-0.05, 0) is 58.7 Å². The number of nitrogens with zero attached hydrogens (tertiary/aromatic N) is 6. The molecule has 0 aliphatic carbocycles. The fraction of sp³-hybridized carbons (Fsp3) is 0. The first-order valence-electron chi connectivity index (χ1n) is 18.0. The molecule has 0 amide bonds. The van der Waals surface area contributed by atoms with Gasteiger partial charge in [0.25, 0.3) is 0 Å². The van der Waals surface area contributed by atoms with Crippen molar-refractivity contribution in [3.8, 4) is 67.5 Å². The van der Waals surface area contributed by atoms with E-state index in [9.17, 15) is 0 Å². The summed E-state index contributed by atoms with van der Waals surface area (Å²) in [5.41, 5.74) is 14.2. The molecule has 0 spiro atoms. The van der Waals surface area contributed by atoms with E-state index in [0.717, 1.165) is 89.9 Å². The van der Waals surface area contributed by atoms with Gasteiger partial charge in [0, 0.05) is 34.6 Å². The van der Waals surface area contributed by atoms with Crippen LogP contribution in [0.4, 0.5) is 0 Å². The molecule has 54 heavy (non-hydrogen) atoms. The molecule has 4 aromatic heterocycles. The maximum Gasteiger partial charge on any atom is 0.164 e. The summed E-state index contributed by atoms with van der Waals surface area (Å²) in [5, 5.41) is 0. The van der Waals surface area contributed by atoms with Crippen LogP contribution in [0.15, 0.2) is 194 Å². The van der Waals surface area contributed by atoms with Crippen LogP contribution in [-0.4, -0.2) is 29.1 Å². The molecule has 0 saturated carbocycles. The van der Waals surface area contributed by atoms with Gasteiger partial charge in [0.05, 0.1) is 11.4 Å². The highest BCUT2D eigenvalue weighted by atomic mass is 15.1. The van der Waals surface area contributed by atoms with Gasteiger partial charge in [0.15, 0.2) is 11.3 Å². The number of imidazole rings is 2. The molecule has 0 atom stereocenters. The average Bonchev–Trinajstić information content (AvgIpc) is 3.84. The third-order valence-electron chi connectivity index (χ3n) is 9.91. The van der Waals surface area contributed by atoms with E-state index < -0.39 is 0 Å². The van der Waals surface area contributed by atoms with Crippen LogP contribution >= 0.6 is 0 Å². The summed E-state index contributed by atoms with van der Waals surface area (Å²) in [6.07, 6.45) is 3.66. The van der Waals surface area contributed by atoms with Gasteiger partial charge in [-0.3, -0.25) is 9.13 Å². The van der Waals surface area contributed by atoms with Crippen molar-refractivity contribution in [1.82, 2.24) is 29.1 Å². The molecule has 254 valence electrons. The zero-order valence-corrected chi connectivity index (χ0v) is 29.2. The number of benzene rings is 6. The number of rotatable bonds is 7. The van der Waals surface area contributed by atoms with E-state index in [1.165, 1.54) is 0 Å². The van der Waals surface area contributed by atoms with E-state index in [0.29, 0.717) is 0 Å². The van der Waals surface area contributed by atoms with Crippen molar-refractivity contribution >= 4 is 22.3 Å². The second-order valence-corrected chi connectivity index (χ2v) is 13.2. The SMILES string of the molecule is c1ccc(-c2ccccc2-n2c(-c3ccc(-c4ccc(-c5nc6cccnc6n5-c5ccccc5-c5ccccc5)cc4)cc3)nc3cccnc32)cc1. The Bertz CT molecular complexity index is 2710. The largest absolute Gasteiger partial charge is 0.276 e. The summed E-state index contributed by atoms with van der Waals surface area (Å²) >= 11 is 0. The lowest BCUT2D eigenvalue weighted by molar-refractivity contribution is 1.08. The van der Waals surface area contributed by atoms with Gasteiger partial charge in [-0.2, -0.15) is 0 Å². The lowest BCUT2D eigenvalue weighted by atomic mass is 10.0. The van der Waals surface area contributed by atoms with Crippen molar-refractivity contribution in [2.24, 2.45) is 0 Å². The Morgan fingerprint density at radius 1 is 0.296 bits per heavy atom. The first-order chi connectivity index (χ1) is 26.8. The molecule has 0 aliphatic rings. The lowest BCUT2D eigenvalue weighted by Crippen LogP contribution is -2.01. The van der Waals surface area contributed by atoms with Crippen LogP contribution in [0.3, 0.4) is 0 Å². The van der Waals surface area contributed by atoms with Crippen LogP contribution in [0.5, 0.6) is 0 Å². The average molecular weight is 693 g/mol. The highest BCUT2D eigenvalue weighted by molar-refractivity contribution is 5.86. The Kier molecular flexibility index (Phi) is 7.69. The standard InChI is InChI=1S/C48H32N6/c1-3-13-35(14-4-1)39-17-7-9-21-43(39)53-45(51-41-19-11-31-49-47(41)53)37-27-23-33(24-28-37)34-25-29-38(30-26-34)46-52-42-20-12-32-50-48(42)54(46)44-22-10-8-18-40(44)36-15-5-2-6-16-36/h1-32H. The minimum Gasteiger partial charge on any atom is -0.276 e. The van der Waals surface area contributed by atoms with Gasteiger partial charge in [0.1, 0.15) is 22.7 Å². The van der Waals surface area contributed by atoms with Gasteiger partial charge in [-0.1, -0.05) is 146 Å². The van der Waals surface area contributed by atoms with Crippen molar-refractivity contribution in [3.05, 3.63) is 194 Å². The highest BCUT2D eigenvalue weighted by Gasteiger charge is 2.20. The Balaban J connectivity index is 1.03. The fourth-order valence-corrected chi connectivity index (χ4v) is 7.35. The van der Waals surface area contributed by atoms with Gasteiger partial charge in [-0.25, -0.2) is 19.9 Å². The molecular formula is C48H32N6. The van der Waals surface area contributed by atoms with Crippen LogP contribution in [0.2, 0.25) is 0 Å². The second-order valence-electron chi connectivity index (χ2n) is 13.2. The molecule has 6 aromatic carbocycles. The third kappa shape index (κ3) is 5.45. The van der Waals surface area contributed by atoms with Crippen LogP contribution in [0.1, 0.15) is 0 Å². The van der Waals surface area contributed by atoms with E-state index in [1.54, 1.807) is 0 Å². The Labute approximate surface area is 312 Å². The third-order valence-corrected chi connectivity index (χ3v) is 9.91. The fourth-order valence-electron chi connectivity index (χ4n) is 7.35. The Hall–Kier alpha value is -7.44. The van der Waals surface area contributed by atoms with Crippen LogP contribution in [0.25, 0.3) is 89.9 Å². The molecule has 0 N–H and O–H groups in total. The molecule has 0 fully saturated rings. The van der Waals surface area contributed by atoms with Crippen molar-refractivity contribution < 1.29 is 0 Å². The molecule has 4 heterocycles. The van der Waals surface area contributed by atoms with E-state index >= 15 is 0 Å². The van der Waals surface area contributed by atoms with E-state index in [-0.39, 0.29) is 0 Å². The summed E-state index contributed by atoms with van der Waals surface area (Å²) < 4.78 is 4.36. The van der Waals surface area contributed by atoms with Gasteiger partial charge in [0.2, 0.25) is 0 Å². The topological polar surface area (TPSA) is 61.4 Å². The molecule has 0 radical (unpaired) electrons. The number of hydrogen-bond donors (Lipinski definition) is 0. The summed E-state index contributed by atoms with van der Waals surface area (Å²) in [7, 11) is 0. The number of pyridine rings is 2. The molecule has 10 rings (SSSR count). The zero-order valence-electron chi connectivity index (χ0n) is 29.2. The minimum atomic E-state index is 0.822. The molecule has 6 heteroatoms. The minimum absolute atomic E-state index is 0.822. The predicted octanol–water partition coefficient (Wildman–Crippen LogP) is 11.5. The quantitative estimate of drug-likeness (QED) is 0.167. The maximum atomic E-state index is 5.10. The second kappa shape index (κ2) is 13.3. The Morgan fingerprint density at radius 2 is 0.667 bits per heavy atom. The maximum absolute atomic E-state index is 5.10. The van der Waals surface area contributed by atoms with Crippen molar-refractivity contribution in [2.75, 3.05) is 0 Å². The van der Waals surface area contributed by atoms with Gasteiger partial charge >= 0.3 is 0 Å². The lowest BCUT2D eigenvalue weighted by Gasteiger charge is -2.15. The predicted molar refractivity (Wildman–Crippen MR) is 218 cm³/mol. The number of fused-ring (bicyclic) bond motifs is 2. The van der Waals surface area contributed by atoms with E-state index in [2.05, 4.69) is 155 Å². The summed E-state index contributed by atoms with van der Waals surface area (Å²) in [5.74, 6) is 1.69. The summed E-state index contributed by atoms with van der Waals surface area (Å²) in [4.78, 5) is 19.8. The number of aromatic nitrogens is 6. The number of hydrogen-bond acceptors (Lipinski definition) is 4. The Morgan fingerprint density at radius 3 is 1.09 bits per heavy atom. The highest BCUT2D eigenvalue weighted by Crippen LogP contribution is 2.36. The van der Waals surface area contributed by atoms with Crippen LogP contribution < -0.4 is 0 Å².